The Morgan fingerprint density at radius 2 is 2.00 bits per heavy atom. The maximum Gasteiger partial charge on any atom is 0.219 e. The Kier molecular flexibility index (Phi) is 3.22. The van der Waals surface area contributed by atoms with Gasteiger partial charge in [0.2, 0.25) is 10.0 Å². The van der Waals surface area contributed by atoms with Crippen molar-refractivity contribution in [2.75, 3.05) is 6.61 Å². The summed E-state index contributed by atoms with van der Waals surface area (Å²) in [7, 11) is -3.36. The van der Waals surface area contributed by atoms with Crippen LogP contribution in [0.2, 0.25) is 0 Å². The number of rotatable bonds is 3. The van der Waals surface area contributed by atoms with Crippen LogP contribution in [0.25, 0.3) is 0 Å². The van der Waals surface area contributed by atoms with E-state index in [1.807, 2.05) is 13.8 Å². The number of carbonyl (C=O) groups is 1. The Hall–Kier alpha value is -0.460. The van der Waals surface area contributed by atoms with Gasteiger partial charge in [-0.1, -0.05) is 20.3 Å². The molecule has 0 amide bonds. The minimum absolute atomic E-state index is 0.0494. The first kappa shape index (κ1) is 13.5. The fraction of sp³-hybridized carbons (Fsp3) is 0.923. The van der Waals surface area contributed by atoms with Gasteiger partial charge in [0.05, 0.1) is 17.9 Å². The van der Waals surface area contributed by atoms with Crippen molar-refractivity contribution < 1.29 is 17.9 Å². The number of Topliss-reactive ketones (excluding diaryl/α,β-unsaturated/α-hetero) is 1. The molecule has 3 rings (SSSR count). The van der Waals surface area contributed by atoms with Crippen LogP contribution in [0.15, 0.2) is 0 Å². The molecule has 0 radical (unpaired) electrons. The summed E-state index contributed by atoms with van der Waals surface area (Å²) in [6, 6.07) is -0.138. The Balaban J connectivity index is 1.88. The molecule has 1 aliphatic carbocycles. The lowest BCUT2D eigenvalue weighted by Gasteiger charge is -2.39. The second-order valence-corrected chi connectivity index (χ2v) is 8.37. The van der Waals surface area contributed by atoms with Gasteiger partial charge in [-0.2, -0.15) is 4.31 Å². The monoisotopic (exact) mass is 287 g/mol. The van der Waals surface area contributed by atoms with E-state index >= 15 is 0 Å². The van der Waals surface area contributed by atoms with E-state index in [4.69, 9.17) is 4.74 Å². The molecule has 0 aromatic rings. The van der Waals surface area contributed by atoms with Gasteiger partial charge in [-0.15, -0.1) is 0 Å². The molecule has 3 atom stereocenters. The molecule has 2 bridgehead atoms. The molecule has 19 heavy (non-hydrogen) atoms. The lowest BCUT2D eigenvalue weighted by atomic mass is 9.83. The highest BCUT2D eigenvalue weighted by Crippen LogP contribution is 2.40. The number of hydrogen-bond acceptors (Lipinski definition) is 4. The summed E-state index contributed by atoms with van der Waals surface area (Å²) in [5.74, 6) is 0.129. The molecule has 2 aliphatic heterocycles. The van der Waals surface area contributed by atoms with Gasteiger partial charge < -0.3 is 4.74 Å². The molecule has 1 saturated carbocycles. The van der Waals surface area contributed by atoms with Crippen LogP contribution in [-0.2, 0) is 19.6 Å². The van der Waals surface area contributed by atoms with Crippen molar-refractivity contribution >= 4 is 15.8 Å². The third-order valence-electron chi connectivity index (χ3n) is 4.74. The van der Waals surface area contributed by atoms with Crippen LogP contribution in [0.4, 0.5) is 0 Å². The predicted octanol–water partition coefficient (Wildman–Crippen LogP) is 1.14. The SMILES string of the molecule is CC(C)[C@@H]1C[C@H]2CO[C@@H](C1=O)N2S(=O)(=O)C1CCC1. The van der Waals surface area contributed by atoms with Gasteiger partial charge in [-0.25, -0.2) is 8.42 Å². The number of nitrogens with zero attached hydrogens (tertiary/aromatic N) is 1. The minimum atomic E-state index is -3.36. The normalized spacial score (nSPS) is 36.8. The highest BCUT2D eigenvalue weighted by molar-refractivity contribution is 7.89. The number of hydrogen-bond donors (Lipinski definition) is 0. The lowest BCUT2D eigenvalue weighted by molar-refractivity contribution is -0.139. The summed E-state index contributed by atoms with van der Waals surface area (Å²) >= 11 is 0. The van der Waals surface area contributed by atoms with Gasteiger partial charge in [0, 0.05) is 5.92 Å². The van der Waals surface area contributed by atoms with Gasteiger partial charge in [-0.05, 0) is 25.2 Å². The average Bonchev–Trinajstić information content (AvgIpc) is 2.58. The number of ether oxygens (including phenoxy) is 1. The van der Waals surface area contributed by atoms with Gasteiger partial charge in [0.1, 0.15) is 0 Å². The van der Waals surface area contributed by atoms with Crippen LogP contribution in [-0.4, -0.2) is 42.6 Å². The van der Waals surface area contributed by atoms with E-state index in [0.29, 0.717) is 13.0 Å². The lowest BCUT2D eigenvalue weighted by Crippen LogP contribution is -2.56. The fourth-order valence-electron chi connectivity index (χ4n) is 3.30. The molecule has 0 unspecified atom stereocenters. The molecule has 2 saturated heterocycles. The van der Waals surface area contributed by atoms with Crippen molar-refractivity contribution in [3.8, 4) is 0 Å². The van der Waals surface area contributed by atoms with E-state index in [1.165, 1.54) is 4.31 Å². The standard InChI is InChI=1S/C13H21NO4S/c1-8(2)11-6-9-7-18-13(12(11)15)14(9)19(16,17)10-4-3-5-10/h8-11,13H,3-7H2,1-2H3/t9-,11-,13-/m0/s1. The number of sulfonamides is 1. The zero-order valence-electron chi connectivity index (χ0n) is 11.4. The third-order valence-corrected chi connectivity index (χ3v) is 7.14. The fourth-order valence-corrected chi connectivity index (χ4v) is 5.56. The summed E-state index contributed by atoms with van der Waals surface area (Å²) in [6.45, 7) is 4.39. The average molecular weight is 287 g/mol. The summed E-state index contributed by atoms with van der Waals surface area (Å²) < 4.78 is 32.0. The first-order chi connectivity index (χ1) is 8.93. The summed E-state index contributed by atoms with van der Waals surface area (Å²) in [5.41, 5.74) is 0. The quantitative estimate of drug-likeness (QED) is 0.781. The highest BCUT2D eigenvalue weighted by Gasteiger charge is 2.55. The molecule has 6 heteroatoms. The molecule has 2 heterocycles. The Bertz CT molecular complexity index is 483. The predicted molar refractivity (Wildman–Crippen MR) is 69.9 cm³/mol. The summed E-state index contributed by atoms with van der Waals surface area (Å²) in [6.07, 6.45) is 2.17. The maximum absolute atomic E-state index is 12.5. The molecular formula is C13H21NO4S. The highest BCUT2D eigenvalue weighted by atomic mass is 32.2. The molecular weight excluding hydrogens is 266 g/mol. The molecule has 0 spiro atoms. The van der Waals surface area contributed by atoms with Crippen molar-refractivity contribution in [3.63, 3.8) is 0 Å². The zero-order chi connectivity index (χ0) is 13.8. The van der Waals surface area contributed by atoms with Crippen molar-refractivity contribution in [3.05, 3.63) is 0 Å². The van der Waals surface area contributed by atoms with E-state index in [1.54, 1.807) is 0 Å². The van der Waals surface area contributed by atoms with Gasteiger partial charge in [-0.3, -0.25) is 4.79 Å². The second kappa shape index (κ2) is 4.53. The molecule has 0 aromatic heterocycles. The molecule has 3 aliphatic rings. The van der Waals surface area contributed by atoms with E-state index < -0.39 is 16.3 Å². The third kappa shape index (κ3) is 1.96. The first-order valence-electron chi connectivity index (χ1n) is 7.10. The van der Waals surface area contributed by atoms with E-state index in [2.05, 4.69) is 0 Å². The van der Waals surface area contributed by atoms with E-state index in [-0.39, 0.29) is 28.9 Å². The topological polar surface area (TPSA) is 63.7 Å². The van der Waals surface area contributed by atoms with Crippen LogP contribution < -0.4 is 0 Å². The van der Waals surface area contributed by atoms with Gasteiger partial charge in [0.15, 0.2) is 12.0 Å². The second-order valence-electron chi connectivity index (χ2n) is 6.26. The maximum atomic E-state index is 12.5. The van der Waals surface area contributed by atoms with E-state index in [0.717, 1.165) is 19.3 Å². The minimum Gasteiger partial charge on any atom is -0.353 e. The number of ketones is 1. The van der Waals surface area contributed by atoms with Crippen LogP contribution in [0.5, 0.6) is 0 Å². The van der Waals surface area contributed by atoms with Crippen molar-refractivity contribution in [2.24, 2.45) is 11.8 Å². The number of carbonyl (C=O) groups excluding carboxylic acids is 1. The van der Waals surface area contributed by atoms with Crippen LogP contribution in [0, 0.1) is 11.8 Å². The van der Waals surface area contributed by atoms with E-state index in [9.17, 15) is 13.2 Å². The summed E-state index contributed by atoms with van der Waals surface area (Å²) in [5, 5.41) is -0.289. The Labute approximate surface area is 114 Å². The molecule has 0 aromatic carbocycles. The van der Waals surface area contributed by atoms with Crippen LogP contribution in [0.1, 0.15) is 39.5 Å². The number of fused-ring (bicyclic) bond motifs is 2. The van der Waals surface area contributed by atoms with Crippen LogP contribution >= 0.6 is 0 Å². The Morgan fingerprint density at radius 3 is 2.53 bits per heavy atom. The summed E-state index contributed by atoms with van der Waals surface area (Å²) in [4.78, 5) is 12.4. The molecule has 108 valence electrons. The number of piperidine rings is 1. The Morgan fingerprint density at radius 1 is 1.32 bits per heavy atom. The molecule has 3 fully saturated rings. The van der Waals surface area contributed by atoms with Gasteiger partial charge >= 0.3 is 0 Å². The largest absolute Gasteiger partial charge is 0.353 e. The van der Waals surface area contributed by atoms with Crippen LogP contribution in [0.3, 0.4) is 0 Å². The molecule has 5 nitrogen and oxygen atoms in total. The first-order valence-corrected chi connectivity index (χ1v) is 8.61. The smallest absolute Gasteiger partial charge is 0.219 e. The van der Waals surface area contributed by atoms with Crippen molar-refractivity contribution in [1.29, 1.82) is 0 Å². The van der Waals surface area contributed by atoms with Crippen molar-refractivity contribution in [1.82, 2.24) is 4.31 Å². The van der Waals surface area contributed by atoms with Gasteiger partial charge in [0.25, 0.3) is 0 Å². The molecule has 0 N–H and O–H groups in total. The van der Waals surface area contributed by atoms with Crippen molar-refractivity contribution in [2.45, 2.75) is 57.1 Å². The zero-order valence-corrected chi connectivity index (χ0v) is 12.2.